The number of methoxy groups -OCH3 is 2. The Morgan fingerprint density at radius 2 is 1.95 bits per heavy atom. The number of rotatable bonds is 7. The lowest BCUT2D eigenvalue weighted by Crippen LogP contribution is -2.14. The third kappa shape index (κ3) is 3.40. The van der Waals surface area contributed by atoms with E-state index in [1.54, 1.807) is 7.11 Å². The second-order valence-corrected chi connectivity index (χ2v) is 4.87. The molecule has 1 N–H and O–H groups in total. The molecule has 0 fully saturated rings. The van der Waals surface area contributed by atoms with Gasteiger partial charge >= 0.3 is 5.63 Å². The molecular weight excluding hydrogens is 288 g/mol. The van der Waals surface area contributed by atoms with Gasteiger partial charge in [0.25, 0.3) is 0 Å². The molecule has 120 valence electrons. The molecule has 0 amide bonds. The number of hydrogen-bond donors (Lipinski definition) is 1. The first-order chi connectivity index (χ1) is 10.6. The summed E-state index contributed by atoms with van der Waals surface area (Å²) >= 11 is 0. The van der Waals surface area contributed by atoms with E-state index in [0.717, 1.165) is 5.56 Å². The molecule has 0 saturated heterocycles. The maximum absolute atomic E-state index is 12.1. The van der Waals surface area contributed by atoms with Crippen molar-refractivity contribution in [3.05, 3.63) is 33.7 Å². The van der Waals surface area contributed by atoms with Crippen LogP contribution in [0.15, 0.2) is 21.3 Å². The molecule has 0 aliphatic heterocycles. The number of aryl methyl sites for hydroxylation is 1. The molecule has 1 aromatic heterocycles. The zero-order valence-corrected chi connectivity index (χ0v) is 13.0. The highest BCUT2D eigenvalue weighted by molar-refractivity contribution is 5.88. The highest BCUT2D eigenvalue weighted by Gasteiger charge is 2.16. The summed E-state index contributed by atoms with van der Waals surface area (Å²) in [7, 11) is 3.11. The Hall–Kier alpha value is -2.05. The van der Waals surface area contributed by atoms with Crippen LogP contribution in [0.1, 0.15) is 11.1 Å². The van der Waals surface area contributed by atoms with Crippen LogP contribution in [-0.2, 0) is 15.9 Å². The molecule has 6 heteroatoms. The Kier molecular flexibility index (Phi) is 5.41. The standard InChI is InChI=1S/C16H20O6/c1-10-12(4-5-21-7-6-19-2)16(18)22-14-9-11(17)8-13(20-3)15(10)14/h8-9,17H,4-7H2,1-3H3. The number of benzene rings is 1. The number of phenolic OH excluding ortho intramolecular Hbond substituents is 1. The molecule has 0 bridgehead atoms. The van der Waals surface area contributed by atoms with Gasteiger partial charge in [-0.2, -0.15) is 0 Å². The van der Waals surface area contributed by atoms with Gasteiger partial charge in [0.05, 0.1) is 32.3 Å². The van der Waals surface area contributed by atoms with Crippen LogP contribution < -0.4 is 10.4 Å². The maximum atomic E-state index is 12.1. The van der Waals surface area contributed by atoms with E-state index in [-0.39, 0.29) is 5.75 Å². The average Bonchev–Trinajstić information content (AvgIpc) is 2.48. The van der Waals surface area contributed by atoms with E-state index in [2.05, 4.69) is 0 Å². The Morgan fingerprint density at radius 3 is 2.64 bits per heavy atom. The molecule has 2 rings (SSSR count). The van der Waals surface area contributed by atoms with Crippen LogP contribution in [0.4, 0.5) is 0 Å². The lowest BCUT2D eigenvalue weighted by Gasteiger charge is -2.11. The van der Waals surface area contributed by atoms with E-state index in [0.29, 0.717) is 48.5 Å². The van der Waals surface area contributed by atoms with Gasteiger partial charge in [0.1, 0.15) is 17.1 Å². The van der Waals surface area contributed by atoms with E-state index < -0.39 is 5.63 Å². The number of ether oxygens (including phenoxy) is 3. The number of fused-ring (bicyclic) bond motifs is 1. The molecule has 6 nitrogen and oxygen atoms in total. The molecule has 0 unspecified atom stereocenters. The summed E-state index contributed by atoms with van der Waals surface area (Å²) in [5.41, 5.74) is 1.21. The van der Waals surface area contributed by atoms with Crippen molar-refractivity contribution in [2.24, 2.45) is 0 Å². The van der Waals surface area contributed by atoms with E-state index in [1.807, 2.05) is 6.92 Å². The molecule has 1 heterocycles. The summed E-state index contributed by atoms with van der Waals surface area (Å²) in [5, 5.41) is 10.3. The van der Waals surface area contributed by atoms with Gasteiger partial charge in [-0.05, 0) is 12.5 Å². The minimum Gasteiger partial charge on any atom is -0.508 e. The molecule has 0 atom stereocenters. The van der Waals surface area contributed by atoms with Crippen LogP contribution >= 0.6 is 0 Å². The van der Waals surface area contributed by atoms with E-state index >= 15 is 0 Å². The summed E-state index contributed by atoms with van der Waals surface area (Å²) in [6.07, 6.45) is 0.442. The quantitative estimate of drug-likeness (QED) is 0.623. The van der Waals surface area contributed by atoms with Gasteiger partial charge in [-0.15, -0.1) is 0 Å². The molecule has 2 aromatic rings. The minimum atomic E-state index is -0.423. The predicted octanol–water partition coefficient (Wildman–Crippen LogP) is 2.02. The van der Waals surface area contributed by atoms with E-state index in [4.69, 9.17) is 18.6 Å². The normalized spacial score (nSPS) is 11.0. The fourth-order valence-corrected chi connectivity index (χ4v) is 2.36. The monoisotopic (exact) mass is 308 g/mol. The van der Waals surface area contributed by atoms with Crippen molar-refractivity contribution in [3.63, 3.8) is 0 Å². The lowest BCUT2D eigenvalue weighted by atomic mass is 10.0. The van der Waals surface area contributed by atoms with Crippen LogP contribution in [0.3, 0.4) is 0 Å². The summed E-state index contributed by atoms with van der Waals surface area (Å²) in [4.78, 5) is 12.1. The number of phenols is 1. The minimum absolute atomic E-state index is 0.0115. The lowest BCUT2D eigenvalue weighted by molar-refractivity contribution is 0.0720. The summed E-state index contributed by atoms with van der Waals surface area (Å²) in [6.45, 7) is 3.23. The topological polar surface area (TPSA) is 78.1 Å². The first kappa shape index (κ1) is 16.3. The largest absolute Gasteiger partial charge is 0.508 e. The average molecular weight is 308 g/mol. The number of aromatic hydroxyl groups is 1. The summed E-state index contributed by atoms with van der Waals surface area (Å²) < 4.78 is 20.9. The Balaban J connectivity index is 2.35. The SMILES string of the molecule is COCCOCCc1c(C)c2c(OC)cc(O)cc2oc1=O. The van der Waals surface area contributed by atoms with Crippen molar-refractivity contribution in [1.29, 1.82) is 0 Å². The molecule has 0 aliphatic carbocycles. The molecule has 0 saturated carbocycles. The second-order valence-electron chi connectivity index (χ2n) is 4.87. The van der Waals surface area contributed by atoms with Crippen molar-refractivity contribution in [3.8, 4) is 11.5 Å². The van der Waals surface area contributed by atoms with Crippen molar-refractivity contribution in [2.75, 3.05) is 34.0 Å². The zero-order chi connectivity index (χ0) is 16.1. The molecule has 1 aromatic carbocycles. The van der Waals surface area contributed by atoms with E-state index in [9.17, 15) is 9.90 Å². The second kappa shape index (κ2) is 7.29. The Labute approximate surface area is 128 Å². The summed E-state index contributed by atoms with van der Waals surface area (Å²) in [5.74, 6) is 0.459. The van der Waals surface area contributed by atoms with Crippen molar-refractivity contribution >= 4 is 11.0 Å². The highest BCUT2D eigenvalue weighted by atomic mass is 16.5. The molecule has 22 heavy (non-hydrogen) atoms. The van der Waals surface area contributed by atoms with Gasteiger partial charge in [0.15, 0.2) is 0 Å². The third-order valence-corrected chi connectivity index (χ3v) is 3.48. The summed E-state index contributed by atoms with van der Waals surface area (Å²) in [6, 6.07) is 2.90. The first-order valence-electron chi connectivity index (χ1n) is 6.98. The number of hydrogen-bond acceptors (Lipinski definition) is 6. The molecule has 0 radical (unpaired) electrons. The third-order valence-electron chi connectivity index (χ3n) is 3.48. The van der Waals surface area contributed by atoms with E-state index in [1.165, 1.54) is 19.2 Å². The van der Waals surface area contributed by atoms with Crippen molar-refractivity contribution < 1.29 is 23.7 Å². The van der Waals surface area contributed by atoms with Crippen LogP contribution in [-0.4, -0.2) is 39.1 Å². The van der Waals surface area contributed by atoms with Crippen LogP contribution in [0.5, 0.6) is 11.5 Å². The Bertz CT molecular complexity index is 704. The van der Waals surface area contributed by atoms with Gasteiger partial charge in [-0.1, -0.05) is 0 Å². The van der Waals surface area contributed by atoms with Crippen LogP contribution in [0.25, 0.3) is 11.0 Å². The predicted molar refractivity (Wildman–Crippen MR) is 81.8 cm³/mol. The fraction of sp³-hybridized carbons (Fsp3) is 0.438. The van der Waals surface area contributed by atoms with Gasteiger partial charge in [-0.3, -0.25) is 0 Å². The van der Waals surface area contributed by atoms with Gasteiger partial charge in [0.2, 0.25) is 0 Å². The van der Waals surface area contributed by atoms with Crippen molar-refractivity contribution in [2.45, 2.75) is 13.3 Å². The van der Waals surface area contributed by atoms with Gasteiger partial charge < -0.3 is 23.7 Å². The molecule has 0 spiro atoms. The molecular formula is C16H20O6. The van der Waals surface area contributed by atoms with Gasteiger partial charge in [0, 0.05) is 31.2 Å². The van der Waals surface area contributed by atoms with Crippen LogP contribution in [0, 0.1) is 6.92 Å². The highest BCUT2D eigenvalue weighted by Crippen LogP contribution is 2.33. The zero-order valence-electron chi connectivity index (χ0n) is 13.0. The van der Waals surface area contributed by atoms with Crippen LogP contribution in [0.2, 0.25) is 0 Å². The van der Waals surface area contributed by atoms with Gasteiger partial charge in [-0.25, -0.2) is 4.79 Å². The van der Waals surface area contributed by atoms with Crippen molar-refractivity contribution in [1.82, 2.24) is 0 Å². The maximum Gasteiger partial charge on any atom is 0.339 e. The smallest absolute Gasteiger partial charge is 0.339 e. The Morgan fingerprint density at radius 1 is 1.18 bits per heavy atom. The fourth-order valence-electron chi connectivity index (χ4n) is 2.36. The molecule has 0 aliphatic rings. The first-order valence-corrected chi connectivity index (χ1v) is 6.98.